The van der Waals surface area contributed by atoms with Crippen molar-refractivity contribution in [1.29, 1.82) is 5.26 Å². The van der Waals surface area contributed by atoms with Crippen LogP contribution in [0.25, 0.3) is 5.69 Å². The first-order chi connectivity index (χ1) is 12.7. The predicted molar refractivity (Wildman–Crippen MR) is 95.1 cm³/mol. The first-order valence-corrected chi connectivity index (χ1v) is 7.82. The van der Waals surface area contributed by atoms with Crippen LogP contribution in [-0.4, -0.2) is 23.0 Å². The molecule has 1 aromatic heterocycles. The number of nitriles is 1. The van der Waals surface area contributed by atoms with Crippen LogP contribution in [0.5, 0.6) is 5.75 Å². The zero-order valence-corrected chi connectivity index (χ0v) is 14.0. The second-order valence-corrected chi connectivity index (χ2v) is 5.29. The van der Waals surface area contributed by atoms with Gasteiger partial charge >= 0.3 is 6.09 Å². The molecule has 7 heteroatoms. The van der Waals surface area contributed by atoms with Crippen molar-refractivity contribution in [2.45, 2.75) is 6.61 Å². The molecule has 130 valence electrons. The number of para-hydroxylation sites is 2. The molecular weight excluding hydrogens is 332 g/mol. The highest BCUT2D eigenvalue weighted by atomic mass is 16.5. The number of rotatable bonds is 5. The van der Waals surface area contributed by atoms with Gasteiger partial charge in [-0.25, -0.2) is 9.48 Å². The normalized spacial score (nSPS) is 10.0. The van der Waals surface area contributed by atoms with Crippen LogP contribution in [0.4, 0.5) is 10.6 Å². The maximum Gasteiger partial charge on any atom is 0.413 e. The van der Waals surface area contributed by atoms with Crippen molar-refractivity contribution in [2.75, 3.05) is 12.4 Å². The van der Waals surface area contributed by atoms with Crippen LogP contribution in [-0.2, 0) is 11.3 Å². The standard InChI is InChI=1S/C19H16N4O3/c1-25-17-10-6-5-9-16(17)23-18(15(11-20)12-21-23)22-19(24)26-13-14-7-3-2-4-8-14/h2-10,12H,13H2,1H3,(H,22,24). The molecule has 0 fully saturated rings. The molecule has 0 radical (unpaired) electrons. The van der Waals surface area contributed by atoms with E-state index in [0.717, 1.165) is 5.56 Å². The average molecular weight is 348 g/mol. The molecule has 0 aliphatic rings. The Balaban J connectivity index is 1.82. The van der Waals surface area contributed by atoms with Crippen LogP contribution in [0.2, 0.25) is 0 Å². The summed E-state index contributed by atoms with van der Waals surface area (Å²) in [6, 6.07) is 18.5. The minimum Gasteiger partial charge on any atom is -0.494 e. The van der Waals surface area contributed by atoms with Crippen molar-refractivity contribution in [3.8, 4) is 17.5 Å². The summed E-state index contributed by atoms with van der Waals surface area (Å²) in [6.45, 7) is 0.122. The number of carbonyl (C=O) groups excluding carboxylic acids is 1. The van der Waals surface area contributed by atoms with Gasteiger partial charge in [0.15, 0.2) is 5.82 Å². The number of anilines is 1. The molecule has 1 heterocycles. The lowest BCUT2D eigenvalue weighted by atomic mass is 10.2. The highest BCUT2D eigenvalue weighted by Crippen LogP contribution is 2.27. The van der Waals surface area contributed by atoms with Gasteiger partial charge in [0.2, 0.25) is 0 Å². The Kier molecular flexibility index (Phi) is 5.15. The summed E-state index contributed by atoms with van der Waals surface area (Å²) in [7, 11) is 1.54. The molecule has 7 nitrogen and oxygen atoms in total. The van der Waals surface area contributed by atoms with Gasteiger partial charge in [0.1, 0.15) is 29.7 Å². The van der Waals surface area contributed by atoms with E-state index < -0.39 is 6.09 Å². The second-order valence-electron chi connectivity index (χ2n) is 5.29. The van der Waals surface area contributed by atoms with Gasteiger partial charge in [0.05, 0.1) is 13.3 Å². The Morgan fingerprint density at radius 1 is 1.19 bits per heavy atom. The Labute approximate surface area is 150 Å². The number of hydrogen-bond acceptors (Lipinski definition) is 5. The SMILES string of the molecule is COc1ccccc1-n1ncc(C#N)c1NC(=O)OCc1ccccc1. The molecule has 0 bridgehead atoms. The topological polar surface area (TPSA) is 89.2 Å². The summed E-state index contributed by atoms with van der Waals surface area (Å²) in [6.07, 6.45) is 0.696. The van der Waals surface area contributed by atoms with Crippen LogP contribution in [0, 0.1) is 11.3 Å². The van der Waals surface area contributed by atoms with Crippen molar-refractivity contribution in [1.82, 2.24) is 9.78 Å². The third-order valence-electron chi connectivity index (χ3n) is 3.64. The van der Waals surface area contributed by atoms with E-state index in [0.29, 0.717) is 11.4 Å². The highest BCUT2D eigenvalue weighted by molar-refractivity contribution is 5.85. The summed E-state index contributed by atoms with van der Waals surface area (Å²) in [4.78, 5) is 12.2. The number of carbonyl (C=O) groups is 1. The molecule has 0 spiro atoms. The van der Waals surface area contributed by atoms with Gasteiger partial charge < -0.3 is 9.47 Å². The fraction of sp³-hybridized carbons (Fsp3) is 0.105. The van der Waals surface area contributed by atoms with E-state index in [1.54, 1.807) is 12.1 Å². The lowest BCUT2D eigenvalue weighted by Gasteiger charge is -2.12. The first-order valence-electron chi connectivity index (χ1n) is 7.82. The molecule has 26 heavy (non-hydrogen) atoms. The largest absolute Gasteiger partial charge is 0.494 e. The monoisotopic (exact) mass is 348 g/mol. The zero-order chi connectivity index (χ0) is 18.4. The molecule has 0 saturated heterocycles. The lowest BCUT2D eigenvalue weighted by molar-refractivity contribution is 0.155. The fourth-order valence-electron chi connectivity index (χ4n) is 2.39. The van der Waals surface area contributed by atoms with Crippen LogP contribution in [0.1, 0.15) is 11.1 Å². The van der Waals surface area contributed by atoms with Gasteiger partial charge in [-0.2, -0.15) is 10.4 Å². The van der Waals surface area contributed by atoms with E-state index in [2.05, 4.69) is 10.4 Å². The third kappa shape index (κ3) is 3.65. The molecular formula is C19H16N4O3. The van der Waals surface area contributed by atoms with Gasteiger partial charge in [0.25, 0.3) is 0 Å². The first kappa shape index (κ1) is 17.0. The molecule has 1 amide bonds. The van der Waals surface area contributed by atoms with Crippen LogP contribution in [0.15, 0.2) is 60.8 Å². The Bertz CT molecular complexity index is 945. The molecule has 3 aromatic rings. The summed E-state index contributed by atoms with van der Waals surface area (Å²) >= 11 is 0. The van der Waals surface area contributed by atoms with Gasteiger partial charge in [-0.15, -0.1) is 0 Å². The van der Waals surface area contributed by atoms with Crippen molar-refractivity contribution in [2.24, 2.45) is 0 Å². The second kappa shape index (κ2) is 7.85. The lowest BCUT2D eigenvalue weighted by Crippen LogP contribution is -2.17. The van der Waals surface area contributed by atoms with Gasteiger partial charge in [-0.1, -0.05) is 42.5 Å². The summed E-state index contributed by atoms with van der Waals surface area (Å²) in [5.74, 6) is 0.774. The van der Waals surface area contributed by atoms with Crippen LogP contribution < -0.4 is 10.1 Å². The molecule has 0 saturated carbocycles. The number of ether oxygens (including phenoxy) is 2. The predicted octanol–water partition coefficient (Wildman–Crippen LogP) is 3.50. The van der Waals surface area contributed by atoms with Crippen molar-refractivity contribution < 1.29 is 14.3 Å². The van der Waals surface area contributed by atoms with Crippen LogP contribution in [0.3, 0.4) is 0 Å². The molecule has 3 rings (SSSR count). The number of benzene rings is 2. The van der Waals surface area contributed by atoms with E-state index in [1.165, 1.54) is 18.0 Å². The molecule has 2 aromatic carbocycles. The minimum absolute atomic E-state index is 0.122. The van der Waals surface area contributed by atoms with E-state index in [9.17, 15) is 10.1 Å². The number of nitrogens with zero attached hydrogens (tertiary/aromatic N) is 3. The van der Waals surface area contributed by atoms with E-state index in [-0.39, 0.29) is 18.0 Å². The molecule has 1 N–H and O–H groups in total. The minimum atomic E-state index is -0.679. The van der Waals surface area contributed by atoms with Crippen molar-refractivity contribution in [3.05, 3.63) is 71.9 Å². The van der Waals surface area contributed by atoms with Crippen LogP contribution >= 0.6 is 0 Å². The number of hydrogen-bond donors (Lipinski definition) is 1. The maximum atomic E-state index is 12.2. The average Bonchev–Trinajstić information content (AvgIpc) is 3.09. The summed E-state index contributed by atoms with van der Waals surface area (Å²) in [5, 5.41) is 16.1. The molecule has 0 atom stereocenters. The van der Waals surface area contributed by atoms with Gasteiger partial charge in [-0.3, -0.25) is 5.32 Å². The Hall–Kier alpha value is -3.79. The van der Waals surface area contributed by atoms with Crippen molar-refractivity contribution >= 4 is 11.9 Å². The fourth-order valence-corrected chi connectivity index (χ4v) is 2.39. The quantitative estimate of drug-likeness (QED) is 0.762. The summed E-state index contributed by atoms with van der Waals surface area (Å²) in [5.41, 5.74) is 1.67. The van der Waals surface area contributed by atoms with Gasteiger partial charge in [0, 0.05) is 0 Å². The van der Waals surface area contributed by atoms with Crippen molar-refractivity contribution in [3.63, 3.8) is 0 Å². The van der Waals surface area contributed by atoms with E-state index >= 15 is 0 Å². The Morgan fingerprint density at radius 2 is 1.92 bits per heavy atom. The number of nitrogens with one attached hydrogen (secondary N) is 1. The maximum absolute atomic E-state index is 12.2. The third-order valence-corrected chi connectivity index (χ3v) is 3.64. The van der Waals surface area contributed by atoms with Gasteiger partial charge in [-0.05, 0) is 17.7 Å². The Morgan fingerprint density at radius 3 is 2.65 bits per heavy atom. The molecule has 0 aliphatic carbocycles. The highest BCUT2D eigenvalue weighted by Gasteiger charge is 2.18. The smallest absolute Gasteiger partial charge is 0.413 e. The number of methoxy groups -OCH3 is 1. The number of amides is 1. The van der Waals surface area contributed by atoms with E-state index in [4.69, 9.17) is 9.47 Å². The molecule has 0 unspecified atom stereocenters. The van der Waals surface area contributed by atoms with E-state index in [1.807, 2.05) is 48.5 Å². The number of aromatic nitrogens is 2. The molecule has 0 aliphatic heterocycles. The zero-order valence-electron chi connectivity index (χ0n) is 14.0. The summed E-state index contributed by atoms with van der Waals surface area (Å²) < 4.78 is 12.0.